The molecule has 2 N–H and O–H groups in total. The lowest BCUT2D eigenvalue weighted by atomic mass is 10.1. The van der Waals surface area contributed by atoms with Crippen LogP contribution in [-0.4, -0.2) is 36.9 Å². The SMILES string of the molecule is CCN(CCO)c1ccc(/C=N\NC(=O)c2ccoc2C)c(C)c1. The van der Waals surface area contributed by atoms with Gasteiger partial charge in [0.2, 0.25) is 0 Å². The summed E-state index contributed by atoms with van der Waals surface area (Å²) in [7, 11) is 0. The van der Waals surface area contributed by atoms with Gasteiger partial charge in [-0.25, -0.2) is 5.43 Å². The zero-order valence-electron chi connectivity index (χ0n) is 14.2. The van der Waals surface area contributed by atoms with Crippen LogP contribution in [0.15, 0.2) is 40.0 Å². The van der Waals surface area contributed by atoms with Gasteiger partial charge in [0.1, 0.15) is 5.76 Å². The van der Waals surface area contributed by atoms with Gasteiger partial charge in [0.05, 0.1) is 24.6 Å². The molecule has 0 aliphatic rings. The molecule has 0 aliphatic heterocycles. The number of rotatable bonds is 7. The van der Waals surface area contributed by atoms with Gasteiger partial charge in [0.25, 0.3) is 5.91 Å². The van der Waals surface area contributed by atoms with Gasteiger partial charge in [-0.3, -0.25) is 4.79 Å². The number of carbonyl (C=O) groups excluding carboxylic acids is 1. The summed E-state index contributed by atoms with van der Waals surface area (Å²) < 4.78 is 5.10. The number of amides is 1. The van der Waals surface area contributed by atoms with E-state index in [0.29, 0.717) is 17.9 Å². The molecule has 0 unspecified atom stereocenters. The topological polar surface area (TPSA) is 78.1 Å². The number of nitrogens with one attached hydrogen (secondary N) is 1. The number of carbonyl (C=O) groups is 1. The Morgan fingerprint density at radius 1 is 1.38 bits per heavy atom. The fourth-order valence-electron chi connectivity index (χ4n) is 2.43. The van der Waals surface area contributed by atoms with Crippen LogP contribution in [0.4, 0.5) is 5.69 Å². The van der Waals surface area contributed by atoms with Gasteiger partial charge in [-0.15, -0.1) is 0 Å². The average molecular weight is 329 g/mol. The van der Waals surface area contributed by atoms with Crippen molar-refractivity contribution < 1.29 is 14.3 Å². The Morgan fingerprint density at radius 2 is 2.17 bits per heavy atom. The summed E-state index contributed by atoms with van der Waals surface area (Å²) in [6, 6.07) is 7.59. The van der Waals surface area contributed by atoms with E-state index < -0.39 is 0 Å². The number of nitrogens with zero attached hydrogens (tertiary/aromatic N) is 2. The molecule has 2 aromatic rings. The van der Waals surface area contributed by atoms with E-state index in [-0.39, 0.29) is 12.5 Å². The van der Waals surface area contributed by atoms with E-state index in [4.69, 9.17) is 9.52 Å². The van der Waals surface area contributed by atoms with E-state index in [1.807, 2.05) is 32.0 Å². The molecule has 0 saturated carbocycles. The maximum atomic E-state index is 11.9. The zero-order chi connectivity index (χ0) is 17.5. The predicted octanol–water partition coefficient (Wildman–Crippen LogP) is 2.48. The highest BCUT2D eigenvalue weighted by atomic mass is 16.3. The average Bonchev–Trinajstić information content (AvgIpc) is 3.00. The maximum absolute atomic E-state index is 11.9. The number of hydrogen-bond donors (Lipinski definition) is 2. The molecular weight excluding hydrogens is 306 g/mol. The van der Waals surface area contributed by atoms with Crippen LogP contribution in [0.3, 0.4) is 0 Å². The first-order valence-corrected chi connectivity index (χ1v) is 7.90. The van der Waals surface area contributed by atoms with Gasteiger partial charge in [-0.05, 0) is 50.1 Å². The molecule has 0 bridgehead atoms. The summed E-state index contributed by atoms with van der Waals surface area (Å²) in [5.41, 5.74) is 5.99. The van der Waals surface area contributed by atoms with E-state index in [2.05, 4.69) is 15.4 Å². The van der Waals surface area contributed by atoms with E-state index in [1.165, 1.54) is 6.26 Å². The molecule has 0 aliphatic carbocycles. The highest BCUT2D eigenvalue weighted by molar-refractivity contribution is 5.95. The first-order valence-electron chi connectivity index (χ1n) is 7.90. The smallest absolute Gasteiger partial charge is 0.274 e. The van der Waals surface area contributed by atoms with E-state index in [1.54, 1.807) is 19.2 Å². The van der Waals surface area contributed by atoms with E-state index >= 15 is 0 Å². The van der Waals surface area contributed by atoms with Crippen molar-refractivity contribution in [1.29, 1.82) is 0 Å². The number of hydrogen-bond acceptors (Lipinski definition) is 5. The maximum Gasteiger partial charge on any atom is 0.274 e. The van der Waals surface area contributed by atoms with Gasteiger partial charge in [0.15, 0.2) is 0 Å². The van der Waals surface area contributed by atoms with Crippen molar-refractivity contribution in [2.24, 2.45) is 5.10 Å². The van der Waals surface area contributed by atoms with Crippen LogP contribution in [0.5, 0.6) is 0 Å². The first kappa shape index (κ1) is 17.7. The molecule has 0 radical (unpaired) electrons. The lowest BCUT2D eigenvalue weighted by Gasteiger charge is -2.22. The summed E-state index contributed by atoms with van der Waals surface area (Å²) in [4.78, 5) is 14.0. The fourth-order valence-corrected chi connectivity index (χ4v) is 2.43. The number of aliphatic hydroxyl groups is 1. The molecule has 0 saturated heterocycles. The molecule has 1 aromatic heterocycles. The molecule has 0 spiro atoms. The molecule has 6 nitrogen and oxygen atoms in total. The number of likely N-dealkylation sites (N-methyl/N-ethyl adjacent to an activating group) is 1. The minimum absolute atomic E-state index is 0.121. The van der Waals surface area contributed by atoms with Gasteiger partial charge < -0.3 is 14.4 Å². The molecule has 1 aromatic carbocycles. The van der Waals surface area contributed by atoms with Crippen molar-refractivity contribution in [1.82, 2.24) is 5.43 Å². The molecule has 1 amide bonds. The van der Waals surface area contributed by atoms with Crippen LogP contribution in [0.2, 0.25) is 0 Å². The number of aryl methyl sites for hydroxylation is 2. The molecule has 24 heavy (non-hydrogen) atoms. The summed E-state index contributed by atoms with van der Waals surface area (Å²) in [5.74, 6) is 0.263. The third-order valence-corrected chi connectivity index (χ3v) is 3.84. The molecule has 6 heteroatoms. The Balaban J connectivity index is 2.05. The Bertz CT molecular complexity index is 722. The number of aliphatic hydroxyl groups excluding tert-OH is 1. The standard InChI is InChI=1S/C18H23N3O3/c1-4-21(8-9-22)16-6-5-15(13(2)11-16)12-19-20-18(23)17-7-10-24-14(17)3/h5-7,10-12,22H,4,8-9H2,1-3H3,(H,20,23)/b19-12-. The quantitative estimate of drug-likeness (QED) is 0.604. The number of furan rings is 1. The summed E-state index contributed by atoms with van der Waals surface area (Å²) >= 11 is 0. The third kappa shape index (κ3) is 4.23. The summed E-state index contributed by atoms with van der Waals surface area (Å²) in [6.45, 7) is 7.31. The summed E-state index contributed by atoms with van der Waals surface area (Å²) in [5, 5.41) is 13.1. The second-order valence-electron chi connectivity index (χ2n) is 5.43. The molecular formula is C18H23N3O3. The first-order chi connectivity index (χ1) is 11.6. The van der Waals surface area contributed by atoms with Gasteiger partial charge in [-0.2, -0.15) is 5.10 Å². The number of benzene rings is 1. The lowest BCUT2D eigenvalue weighted by molar-refractivity contribution is 0.0953. The van der Waals surface area contributed by atoms with Gasteiger partial charge in [-0.1, -0.05) is 6.07 Å². The molecule has 0 atom stereocenters. The molecule has 0 fully saturated rings. The van der Waals surface area contributed by atoms with Crippen molar-refractivity contribution in [3.63, 3.8) is 0 Å². The normalized spacial score (nSPS) is 11.0. The highest BCUT2D eigenvalue weighted by Crippen LogP contribution is 2.18. The van der Waals surface area contributed by atoms with Crippen molar-refractivity contribution in [2.75, 3.05) is 24.6 Å². The second-order valence-corrected chi connectivity index (χ2v) is 5.43. The van der Waals surface area contributed by atoms with Crippen LogP contribution in [0.25, 0.3) is 0 Å². The molecule has 2 rings (SSSR count). The Hall–Kier alpha value is -2.60. The van der Waals surface area contributed by atoms with Crippen LogP contribution < -0.4 is 10.3 Å². The predicted molar refractivity (Wildman–Crippen MR) is 94.7 cm³/mol. The number of anilines is 1. The van der Waals surface area contributed by atoms with E-state index in [9.17, 15) is 4.79 Å². The van der Waals surface area contributed by atoms with Crippen LogP contribution in [0, 0.1) is 13.8 Å². The second kappa shape index (κ2) is 8.31. The largest absolute Gasteiger partial charge is 0.469 e. The Kier molecular flexibility index (Phi) is 6.14. The van der Waals surface area contributed by atoms with Gasteiger partial charge >= 0.3 is 0 Å². The highest BCUT2D eigenvalue weighted by Gasteiger charge is 2.10. The fraction of sp³-hybridized carbons (Fsp3) is 0.333. The van der Waals surface area contributed by atoms with Gasteiger partial charge in [0, 0.05) is 18.8 Å². The Morgan fingerprint density at radius 3 is 2.75 bits per heavy atom. The number of hydrazone groups is 1. The van der Waals surface area contributed by atoms with E-state index in [0.717, 1.165) is 23.4 Å². The van der Waals surface area contributed by atoms with Crippen LogP contribution in [0.1, 0.15) is 34.2 Å². The molecule has 128 valence electrons. The van der Waals surface area contributed by atoms with Crippen LogP contribution >= 0.6 is 0 Å². The lowest BCUT2D eigenvalue weighted by Crippen LogP contribution is -2.26. The Labute approximate surface area is 141 Å². The minimum atomic E-state index is -0.299. The van der Waals surface area contributed by atoms with Crippen molar-refractivity contribution in [3.05, 3.63) is 53.0 Å². The van der Waals surface area contributed by atoms with Crippen molar-refractivity contribution in [2.45, 2.75) is 20.8 Å². The molecule has 1 heterocycles. The monoisotopic (exact) mass is 329 g/mol. The third-order valence-electron chi connectivity index (χ3n) is 3.84. The van der Waals surface area contributed by atoms with Crippen LogP contribution in [-0.2, 0) is 0 Å². The zero-order valence-corrected chi connectivity index (χ0v) is 14.2. The minimum Gasteiger partial charge on any atom is -0.469 e. The van der Waals surface area contributed by atoms with Crippen molar-refractivity contribution in [3.8, 4) is 0 Å². The summed E-state index contributed by atoms with van der Waals surface area (Å²) in [6.07, 6.45) is 3.09. The van der Waals surface area contributed by atoms with Crippen molar-refractivity contribution >= 4 is 17.8 Å².